The number of aliphatic hydroxyl groups excluding tert-OH is 1. The van der Waals surface area contributed by atoms with Gasteiger partial charge < -0.3 is 10.0 Å². The molecule has 0 unspecified atom stereocenters. The van der Waals surface area contributed by atoms with Crippen LogP contribution in [-0.4, -0.2) is 40.1 Å². The Labute approximate surface area is 121 Å². The van der Waals surface area contributed by atoms with Crippen LogP contribution in [0.1, 0.15) is 22.5 Å². The Morgan fingerprint density at radius 1 is 1.40 bits per heavy atom. The number of amides is 1. The van der Waals surface area contributed by atoms with Crippen molar-refractivity contribution in [1.29, 1.82) is 0 Å². The van der Waals surface area contributed by atoms with Crippen molar-refractivity contribution in [3.63, 3.8) is 0 Å². The van der Waals surface area contributed by atoms with Gasteiger partial charge in [0, 0.05) is 12.1 Å². The van der Waals surface area contributed by atoms with Crippen molar-refractivity contribution in [2.45, 2.75) is 18.9 Å². The average Bonchev–Trinajstić information content (AvgIpc) is 3.16. The molecule has 1 aromatic heterocycles. The zero-order valence-corrected chi connectivity index (χ0v) is 11.8. The van der Waals surface area contributed by atoms with E-state index in [9.17, 15) is 9.90 Å². The van der Waals surface area contributed by atoms with Crippen molar-refractivity contribution in [1.82, 2.24) is 9.88 Å². The first-order valence-corrected chi connectivity index (χ1v) is 7.54. The molecule has 20 heavy (non-hydrogen) atoms. The largest absolute Gasteiger partial charge is 0.394 e. The highest BCUT2D eigenvalue weighted by atomic mass is 32.1. The number of thiazole rings is 1. The van der Waals surface area contributed by atoms with E-state index in [0.29, 0.717) is 4.88 Å². The van der Waals surface area contributed by atoms with Crippen LogP contribution in [0.5, 0.6) is 0 Å². The van der Waals surface area contributed by atoms with Crippen molar-refractivity contribution in [3.05, 3.63) is 41.4 Å². The summed E-state index contributed by atoms with van der Waals surface area (Å²) in [7, 11) is 0. The van der Waals surface area contributed by atoms with Crippen LogP contribution in [0, 0.1) is 0 Å². The van der Waals surface area contributed by atoms with Gasteiger partial charge in [-0.3, -0.25) is 4.79 Å². The summed E-state index contributed by atoms with van der Waals surface area (Å²) < 4.78 is 0. The molecule has 1 aromatic carbocycles. The van der Waals surface area contributed by atoms with E-state index in [0.717, 1.165) is 30.0 Å². The van der Waals surface area contributed by atoms with Gasteiger partial charge in [0.15, 0.2) is 0 Å². The lowest BCUT2D eigenvalue weighted by atomic mass is 10.2. The lowest BCUT2D eigenvalue weighted by Crippen LogP contribution is -2.37. The average molecular weight is 288 g/mol. The minimum absolute atomic E-state index is 0.0127. The highest BCUT2D eigenvalue weighted by molar-refractivity contribution is 7.16. The molecule has 2 aromatic rings. The number of hydrogen-bond acceptors (Lipinski definition) is 4. The Kier molecular flexibility index (Phi) is 3.80. The molecule has 1 amide bonds. The van der Waals surface area contributed by atoms with E-state index in [1.165, 1.54) is 11.3 Å². The molecule has 0 bridgehead atoms. The molecule has 1 saturated heterocycles. The van der Waals surface area contributed by atoms with E-state index < -0.39 is 0 Å². The molecule has 0 aliphatic carbocycles. The summed E-state index contributed by atoms with van der Waals surface area (Å²) in [4.78, 5) is 19.2. The molecule has 1 N–H and O–H groups in total. The summed E-state index contributed by atoms with van der Waals surface area (Å²) in [6, 6.07) is 9.81. The minimum atomic E-state index is -0.0372. The first kappa shape index (κ1) is 13.3. The van der Waals surface area contributed by atoms with Crippen LogP contribution in [0.4, 0.5) is 0 Å². The van der Waals surface area contributed by atoms with E-state index in [1.807, 2.05) is 30.3 Å². The molecule has 4 nitrogen and oxygen atoms in total. The van der Waals surface area contributed by atoms with Crippen LogP contribution in [0.25, 0.3) is 10.6 Å². The van der Waals surface area contributed by atoms with Gasteiger partial charge in [0.25, 0.3) is 5.91 Å². The monoisotopic (exact) mass is 288 g/mol. The molecule has 0 spiro atoms. The lowest BCUT2D eigenvalue weighted by molar-refractivity contribution is 0.0682. The van der Waals surface area contributed by atoms with Crippen molar-refractivity contribution in [3.8, 4) is 10.6 Å². The molecule has 1 aliphatic heterocycles. The molecular weight excluding hydrogens is 272 g/mol. The van der Waals surface area contributed by atoms with Crippen molar-refractivity contribution < 1.29 is 9.90 Å². The summed E-state index contributed by atoms with van der Waals surface area (Å²) >= 11 is 1.41. The predicted octanol–water partition coefficient (Wildman–Crippen LogP) is 2.41. The molecule has 2 heterocycles. The summed E-state index contributed by atoms with van der Waals surface area (Å²) in [6.07, 6.45) is 3.48. The maximum absolute atomic E-state index is 12.4. The minimum Gasteiger partial charge on any atom is -0.394 e. The summed E-state index contributed by atoms with van der Waals surface area (Å²) in [6.45, 7) is 0.763. The second-order valence-corrected chi connectivity index (χ2v) is 5.90. The Balaban J connectivity index is 1.82. The SMILES string of the molecule is O=C(c1cnc(-c2ccccc2)s1)N1CCC[C@@H]1CO. The molecular formula is C15H16N2O2S. The second-order valence-electron chi connectivity index (χ2n) is 4.87. The Hall–Kier alpha value is -1.72. The Bertz CT molecular complexity index is 597. The fourth-order valence-corrected chi connectivity index (χ4v) is 3.40. The third kappa shape index (κ3) is 2.46. The first-order chi connectivity index (χ1) is 9.79. The highest BCUT2D eigenvalue weighted by Crippen LogP contribution is 2.27. The standard InChI is InChI=1S/C15H16N2O2S/c18-10-12-7-4-8-17(12)15(19)13-9-16-14(20-13)11-5-2-1-3-6-11/h1-3,5-6,9,12,18H,4,7-8,10H2/t12-/m1/s1. The molecule has 1 aliphatic rings. The number of carbonyl (C=O) groups excluding carboxylic acids is 1. The number of carbonyl (C=O) groups is 1. The second kappa shape index (κ2) is 5.73. The zero-order chi connectivity index (χ0) is 13.9. The summed E-state index contributed by atoms with van der Waals surface area (Å²) in [5.41, 5.74) is 1.02. The van der Waals surface area contributed by atoms with Crippen molar-refractivity contribution in [2.24, 2.45) is 0 Å². The number of hydrogen-bond donors (Lipinski definition) is 1. The predicted molar refractivity (Wildman–Crippen MR) is 78.7 cm³/mol. The van der Waals surface area contributed by atoms with Gasteiger partial charge in [-0.25, -0.2) is 4.98 Å². The van der Waals surface area contributed by atoms with Crippen LogP contribution in [0.3, 0.4) is 0 Å². The van der Waals surface area contributed by atoms with E-state index >= 15 is 0 Å². The summed E-state index contributed by atoms with van der Waals surface area (Å²) in [5, 5.41) is 10.2. The topological polar surface area (TPSA) is 53.4 Å². The third-order valence-electron chi connectivity index (χ3n) is 3.59. The number of aromatic nitrogens is 1. The molecule has 104 valence electrons. The Morgan fingerprint density at radius 2 is 2.20 bits per heavy atom. The van der Waals surface area contributed by atoms with E-state index in [-0.39, 0.29) is 18.6 Å². The van der Waals surface area contributed by atoms with Gasteiger partial charge in [0.1, 0.15) is 9.88 Å². The van der Waals surface area contributed by atoms with E-state index in [2.05, 4.69) is 4.98 Å². The lowest BCUT2D eigenvalue weighted by Gasteiger charge is -2.21. The van der Waals surface area contributed by atoms with Crippen LogP contribution in [-0.2, 0) is 0 Å². The zero-order valence-electron chi connectivity index (χ0n) is 11.0. The van der Waals surface area contributed by atoms with Gasteiger partial charge in [-0.05, 0) is 12.8 Å². The number of likely N-dealkylation sites (tertiary alicyclic amines) is 1. The van der Waals surface area contributed by atoms with Crippen molar-refractivity contribution >= 4 is 17.2 Å². The molecule has 3 rings (SSSR count). The van der Waals surface area contributed by atoms with Gasteiger partial charge in [0.05, 0.1) is 18.8 Å². The summed E-state index contributed by atoms with van der Waals surface area (Å²) in [5.74, 6) is -0.0127. The van der Waals surface area contributed by atoms with Crippen molar-refractivity contribution in [2.75, 3.05) is 13.2 Å². The molecule has 1 atom stereocenters. The van der Waals surface area contributed by atoms with E-state index in [4.69, 9.17) is 0 Å². The van der Waals surface area contributed by atoms with E-state index in [1.54, 1.807) is 11.1 Å². The van der Waals surface area contributed by atoms with Crippen LogP contribution >= 0.6 is 11.3 Å². The van der Waals surface area contributed by atoms with Gasteiger partial charge in [-0.15, -0.1) is 11.3 Å². The van der Waals surface area contributed by atoms with Gasteiger partial charge in [-0.1, -0.05) is 30.3 Å². The molecule has 0 radical (unpaired) electrons. The number of aliphatic hydroxyl groups is 1. The first-order valence-electron chi connectivity index (χ1n) is 6.72. The smallest absolute Gasteiger partial charge is 0.265 e. The number of rotatable bonds is 3. The van der Waals surface area contributed by atoms with Crippen LogP contribution in [0.15, 0.2) is 36.5 Å². The fourth-order valence-electron chi connectivity index (χ4n) is 2.52. The van der Waals surface area contributed by atoms with Crippen LogP contribution in [0.2, 0.25) is 0 Å². The quantitative estimate of drug-likeness (QED) is 0.943. The maximum Gasteiger partial charge on any atom is 0.265 e. The fraction of sp³-hybridized carbons (Fsp3) is 0.333. The maximum atomic E-state index is 12.4. The number of nitrogens with zero attached hydrogens (tertiary/aromatic N) is 2. The molecule has 0 saturated carbocycles. The molecule has 5 heteroatoms. The van der Waals surface area contributed by atoms with Gasteiger partial charge in [0.2, 0.25) is 0 Å². The Morgan fingerprint density at radius 3 is 2.95 bits per heavy atom. The molecule has 1 fully saturated rings. The number of benzene rings is 1. The normalized spacial score (nSPS) is 18.4. The van der Waals surface area contributed by atoms with Crippen LogP contribution < -0.4 is 0 Å². The highest BCUT2D eigenvalue weighted by Gasteiger charge is 2.29. The van der Waals surface area contributed by atoms with Gasteiger partial charge >= 0.3 is 0 Å². The van der Waals surface area contributed by atoms with Gasteiger partial charge in [-0.2, -0.15) is 0 Å². The third-order valence-corrected chi connectivity index (χ3v) is 4.62.